The molecule has 200 valence electrons. The Morgan fingerprint density at radius 3 is 2.17 bits per heavy atom. The number of hydrogen-bond donors (Lipinski definition) is 0. The van der Waals surface area contributed by atoms with E-state index in [1.165, 1.54) is 63.4 Å². The van der Waals surface area contributed by atoms with E-state index in [0.717, 1.165) is 30.1 Å². The molecule has 4 saturated carbocycles. The van der Waals surface area contributed by atoms with Crippen molar-refractivity contribution >= 4 is 5.97 Å². The summed E-state index contributed by atoms with van der Waals surface area (Å²) in [4.78, 5) is 11.8. The van der Waals surface area contributed by atoms with Crippen molar-refractivity contribution in [1.82, 2.24) is 0 Å². The van der Waals surface area contributed by atoms with Gasteiger partial charge in [-0.1, -0.05) is 67.5 Å². The lowest BCUT2D eigenvalue weighted by Gasteiger charge is -2.67. The highest BCUT2D eigenvalue weighted by atomic mass is 16.5. The van der Waals surface area contributed by atoms with Crippen LogP contribution in [0.3, 0.4) is 0 Å². The van der Waals surface area contributed by atoms with Crippen molar-refractivity contribution in [2.75, 3.05) is 0 Å². The average molecular weight is 485 g/mol. The molecule has 0 aromatic carbocycles. The van der Waals surface area contributed by atoms with Crippen LogP contribution >= 0.6 is 0 Å². The van der Waals surface area contributed by atoms with Crippen LogP contribution in [0, 0.1) is 57.2 Å². The number of fused-ring (bicyclic) bond motifs is 5. The van der Waals surface area contributed by atoms with Crippen molar-refractivity contribution in [2.24, 2.45) is 57.2 Å². The van der Waals surface area contributed by atoms with E-state index in [1.807, 2.05) is 0 Å². The molecule has 9 atom stereocenters. The van der Waals surface area contributed by atoms with E-state index >= 15 is 0 Å². The van der Waals surface area contributed by atoms with Crippen LogP contribution in [0.5, 0.6) is 0 Å². The summed E-state index contributed by atoms with van der Waals surface area (Å²) >= 11 is 0. The van der Waals surface area contributed by atoms with Crippen LogP contribution in [0.25, 0.3) is 0 Å². The summed E-state index contributed by atoms with van der Waals surface area (Å²) in [7, 11) is 0. The predicted octanol–water partition coefficient (Wildman–Crippen LogP) is 9.23. The van der Waals surface area contributed by atoms with Crippen molar-refractivity contribution in [2.45, 2.75) is 133 Å². The van der Waals surface area contributed by atoms with E-state index in [9.17, 15) is 4.79 Å². The van der Waals surface area contributed by atoms with Gasteiger partial charge in [0.1, 0.15) is 6.10 Å². The smallest absolute Gasteiger partial charge is 0.302 e. The highest BCUT2D eigenvalue weighted by Gasteiger charge is 2.67. The summed E-state index contributed by atoms with van der Waals surface area (Å²) < 4.78 is 5.89. The van der Waals surface area contributed by atoms with Crippen LogP contribution in [0.4, 0.5) is 0 Å². The zero-order valence-corrected chi connectivity index (χ0v) is 24.6. The molecule has 0 bridgehead atoms. The van der Waals surface area contributed by atoms with Crippen LogP contribution in [0.1, 0.15) is 127 Å². The third-order valence-corrected chi connectivity index (χ3v) is 13.2. The first kappa shape index (κ1) is 27.3. The molecule has 0 N–H and O–H groups in total. The Morgan fingerprint density at radius 2 is 1.54 bits per heavy atom. The third kappa shape index (κ3) is 4.16. The Bertz CT molecular complexity index is 825. The number of ether oxygens (including phenoxy) is 1. The monoisotopic (exact) mass is 484 g/mol. The van der Waals surface area contributed by atoms with E-state index in [-0.39, 0.29) is 17.5 Å². The Kier molecular flexibility index (Phi) is 7.16. The normalized spacial score (nSPS) is 45.3. The van der Waals surface area contributed by atoms with Crippen LogP contribution in [0.2, 0.25) is 0 Å². The summed E-state index contributed by atoms with van der Waals surface area (Å²) in [5, 5.41) is 0. The van der Waals surface area contributed by atoms with Gasteiger partial charge in [0, 0.05) is 12.3 Å². The molecule has 0 aromatic heterocycles. The zero-order chi connectivity index (χ0) is 26.0. The molecule has 2 heteroatoms. The minimum atomic E-state index is -0.107. The van der Waals surface area contributed by atoms with Gasteiger partial charge in [0.15, 0.2) is 0 Å². The number of rotatable bonds is 6. The van der Waals surface area contributed by atoms with E-state index in [4.69, 9.17) is 4.74 Å². The largest absolute Gasteiger partial charge is 0.462 e. The van der Waals surface area contributed by atoms with Crippen LogP contribution < -0.4 is 0 Å². The second-order valence-corrected chi connectivity index (χ2v) is 15.2. The van der Waals surface area contributed by atoms with Crippen molar-refractivity contribution < 1.29 is 9.53 Å². The zero-order valence-electron chi connectivity index (χ0n) is 24.6. The highest BCUT2D eigenvalue weighted by molar-refractivity contribution is 5.66. The molecular weight excluding hydrogens is 428 g/mol. The van der Waals surface area contributed by atoms with Gasteiger partial charge in [0.2, 0.25) is 0 Å². The lowest BCUT2D eigenvalue weighted by Crippen LogP contribution is -2.62. The fraction of sp³-hybridized carbons (Fsp3) is 0.909. The van der Waals surface area contributed by atoms with Gasteiger partial charge in [-0.2, -0.15) is 0 Å². The standard InChI is InChI=1S/C33H56O2/c1-21(2)22(3)11-12-23(4)25-15-19-33(10)27-13-14-28-30(6,7)29(35-24(5)34)17-18-31(28,8)26(27)16-20-32(25,33)9/h21,23,25-29H,3,11-20H2,1-2,4-10H3/t23-,25-,26+,27-,28+,29-,31-,32-,33+/m1/s1. The predicted molar refractivity (Wildman–Crippen MR) is 147 cm³/mol. The molecule has 4 aliphatic rings. The third-order valence-electron chi connectivity index (χ3n) is 13.2. The van der Waals surface area contributed by atoms with Crippen molar-refractivity contribution in [3.8, 4) is 0 Å². The number of carbonyl (C=O) groups excluding carboxylic acids is 1. The first-order chi connectivity index (χ1) is 16.2. The molecule has 4 fully saturated rings. The van der Waals surface area contributed by atoms with E-state index in [2.05, 4.69) is 62.0 Å². The average Bonchev–Trinajstić information content (AvgIpc) is 3.05. The van der Waals surface area contributed by atoms with E-state index < -0.39 is 0 Å². The fourth-order valence-corrected chi connectivity index (χ4v) is 10.8. The van der Waals surface area contributed by atoms with Gasteiger partial charge >= 0.3 is 5.97 Å². The quantitative estimate of drug-likeness (QED) is 0.277. The SMILES string of the molecule is C=C(CC[C@@H](C)[C@H]1CC[C@@]2(C)[C@@H]3CC[C@H]4C(C)(C)[C@H](OC(C)=O)CC[C@]4(C)[C@H]3CC[C@]12C)C(C)C. The lowest BCUT2D eigenvalue weighted by molar-refractivity contribution is -0.209. The number of hydrogen-bond acceptors (Lipinski definition) is 2. The number of esters is 1. The van der Waals surface area contributed by atoms with Crippen LogP contribution in [0.15, 0.2) is 12.2 Å². The molecule has 0 aliphatic heterocycles. The van der Waals surface area contributed by atoms with Gasteiger partial charge < -0.3 is 4.74 Å². The summed E-state index contributed by atoms with van der Waals surface area (Å²) in [6.07, 6.45) is 13.2. The van der Waals surface area contributed by atoms with E-state index in [0.29, 0.717) is 28.1 Å². The van der Waals surface area contributed by atoms with E-state index in [1.54, 1.807) is 6.92 Å². The van der Waals surface area contributed by atoms with Gasteiger partial charge in [-0.15, -0.1) is 0 Å². The molecule has 0 unspecified atom stereocenters. The molecule has 0 amide bonds. The Hall–Kier alpha value is -0.790. The first-order valence-electron chi connectivity index (χ1n) is 15.0. The second-order valence-electron chi connectivity index (χ2n) is 15.2. The molecule has 0 heterocycles. The van der Waals surface area contributed by atoms with Gasteiger partial charge in [0.25, 0.3) is 0 Å². The summed E-state index contributed by atoms with van der Waals surface area (Å²) in [5.41, 5.74) is 2.82. The molecule has 0 aromatic rings. The number of carbonyl (C=O) groups is 1. The molecular formula is C33H56O2. The molecule has 0 saturated heterocycles. The molecule has 4 rings (SSSR count). The summed E-state index contributed by atoms with van der Waals surface area (Å²) in [6.45, 7) is 25.9. The van der Waals surface area contributed by atoms with Crippen molar-refractivity contribution in [1.29, 1.82) is 0 Å². The Balaban J connectivity index is 1.54. The van der Waals surface area contributed by atoms with Crippen LogP contribution in [-0.4, -0.2) is 12.1 Å². The van der Waals surface area contributed by atoms with Gasteiger partial charge in [0.05, 0.1) is 0 Å². The maximum atomic E-state index is 11.8. The summed E-state index contributed by atoms with van der Waals surface area (Å²) in [6, 6.07) is 0. The Morgan fingerprint density at radius 1 is 0.886 bits per heavy atom. The molecule has 0 spiro atoms. The van der Waals surface area contributed by atoms with Crippen molar-refractivity contribution in [3.63, 3.8) is 0 Å². The topological polar surface area (TPSA) is 26.3 Å². The maximum Gasteiger partial charge on any atom is 0.302 e. The maximum absolute atomic E-state index is 11.8. The van der Waals surface area contributed by atoms with Crippen LogP contribution in [-0.2, 0) is 9.53 Å². The fourth-order valence-electron chi connectivity index (χ4n) is 10.8. The number of allylic oxidation sites excluding steroid dienone is 1. The van der Waals surface area contributed by atoms with Gasteiger partial charge in [-0.05, 0) is 116 Å². The molecule has 35 heavy (non-hydrogen) atoms. The Labute approximate surface area is 217 Å². The minimum Gasteiger partial charge on any atom is -0.462 e. The van der Waals surface area contributed by atoms with Gasteiger partial charge in [-0.25, -0.2) is 0 Å². The molecule has 4 aliphatic carbocycles. The van der Waals surface area contributed by atoms with Crippen molar-refractivity contribution in [3.05, 3.63) is 12.2 Å². The molecule has 0 radical (unpaired) electrons. The van der Waals surface area contributed by atoms with Gasteiger partial charge in [-0.3, -0.25) is 4.79 Å². The highest BCUT2D eigenvalue weighted by Crippen LogP contribution is 2.74. The first-order valence-corrected chi connectivity index (χ1v) is 15.0. The molecule has 2 nitrogen and oxygen atoms in total. The lowest BCUT2D eigenvalue weighted by atomic mass is 9.38. The second kappa shape index (κ2) is 9.20. The summed E-state index contributed by atoms with van der Waals surface area (Å²) in [5.74, 6) is 4.48. The minimum absolute atomic E-state index is 0.0663.